The summed E-state index contributed by atoms with van der Waals surface area (Å²) >= 11 is 0. The molecule has 0 N–H and O–H groups in total. The Morgan fingerprint density at radius 2 is 1.76 bits per heavy atom. The number of hydrogen-bond donors (Lipinski definition) is 0. The van der Waals surface area contributed by atoms with Gasteiger partial charge in [-0.2, -0.15) is 0 Å². The molecule has 17 heavy (non-hydrogen) atoms. The van der Waals surface area contributed by atoms with E-state index in [1.54, 1.807) is 0 Å². The lowest BCUT2D eigenvalue weighted by molar-refractivity contribution is 0.414. The Morgan fingerprint density at radius 3 is 2.29 bits per heavy atom. The van der Waals surface area contributed by atoms with Crippen molar-refractivity contribution in [3.8, 4) is 0 Å². The van der Waals surface area contributed by atoms with Gasteiger partial charge in [-0.25, -0.2) is 0 Å². The average Bonchev–Trinajstić information content (AvgIpc) is 2.37. The van der Waals surface area contributed by atoms with Crippen LogP contribution in [0.4, 0.5) is 0 Å². The monoisotopic (exact) mass is 236 g/mol. The van der Waals surface area contributed by atoms with Gasteiger partial charge in [0.25, 0.3) is 0 Å². The van der Waals surface area contributed by atoms with Gasteiger partial charge in [0.15, 0.2) is 0 Å². The summed E-state index contributed by atoms with van der Waals surface area (Å²) < 4.78 is 0. The lowest BCUT2D eigenvalue weighted by atomic mass is 9.90. The molecule has 2 radical (unpaired) electrons. The third-order valence-corrected chi connectivity index (χ3v) is 3.73. The summed E-state index contributed by atoms with van der Waals surface area (Å²) in [7, 11) is 0. The van der Waals surface area contributed by atoms with Crippen molar-refractivity contribution in [1.29, 1.82) is 0 Å². The molecule has 0 heteroatoms. The van der Waals surface area contributed by atoms with Crippen molar-refractivity contribution in [2.75, 3.05) is 0 Å². The van der Waals surface area contributed by atoms with E-state index in [1.165, 1.54) is 44.9 Å². The first kappa shape index (κ1) is 16.7. The number of rotatable bonds is 11. The molecule has 100 valence electrons. The molecule has 0 aromatic heterocycles. The first-order valence-corrected chi connectivity index (χ1v) is 7.53. The highest BCUT2D eigenvalue weighted by atomic mass is 14.1. The van der Waals surface area contributed by atoms with Crippen LogP contribution in [0.15, 0.2) is 12.2 Å². The van der Waals surface area contributed by atoms with Crippen LogP contribution in [0.3, 0.4) is 0 Å². The molecule has 0 bridgehead atoms. The summed E-state index contributed by atoms with van der Waals surface area (Å²) in [5.41, 5.74) is 0. The molecule has 0 aromatic carbocycles. The fourth-order valence-electron chi connectivity index (χ4n) is 2.17. The van der Waals surface area contributed by atoms with Crippen molar-refractivity contribution < 1.29 is 0 Å². The van der Waals surface area contributed by atoms with Crippen LogP contribution in [0, 0.1) is 25.7 Å². The van der Waals surface area contributed by atoms with Crippen molar-refractivity contribution in [2.24, 2.45) is 11.8 Å². The Bertz CT molecular complexity index is 165. The van der Waals surface area contributed by atoms with Gasteiger partial charge in [-0.3, -0.25) is 0 Å². The second-order valence-corrected chi connectivity index (χ2v) is 5.09. The smallest absolute Gasteiger partial charge is 0.0236 e. The van der Waals surface area contributed by atoms with Gasteiger partial charge in [0.05, 0.1) is 0 Å². The van der Waals surface area contributed by atoms with E-state index in [1.807, 2.05) is 0 Å². The summed E-state index contributed by atoms with van der Waals surface area (Å²) in [5.74, 6) is 1.62. The van der Waals surface area contributed by atoms with Crippen LogP contribution in [0.2, 0.25) is 0 Å². The molecule has 2 unspecified atom stereocenters. The zero-order valence-electron chi connectivity index (χ0n) is 12.1. The minimum absolute atomic E-state index is 0.787. The van der Waals surface area contributed by atoms with Gasteiger partial charge >= 0.3 is 0 Å². The predicted octanol–water partition coefficient (Wildman–Crippen LogP) is 5.99. The quantitative estimate of drug-likeness (QED) is 0.305. The van der Waals surface area contributed by atoms with Crippen LogP contribution in [0.1, 0.15) is 71.6 Å². The van der Waals surface area contributed by atoms with Crippen LogP contribution in [0.25, 0.3) is 0 Å². The van der Waals surface area contributed by atoms with Gasteiger partial charge in [-0.05, 0) is 43.9 Å². The maximum Gasteiger partial charge on any atom is -0.0236 e. The standard InChI is InChI=1S/C17H32/c1-5-9-10-11-12-13-17(8-4)15-14-16(6-2)7-3/h12-13,16-17H,1-2,5-11,14-15H2,3-4H3. The minimum Gasteiger partial charge on any atom is -0.0883 e. The Kier molecular flexibility index (Phi) is 12.0. The van der Waals surface area contributed by atoms with Crippen LogP contribution in [-0.2, 0) is 0 Å². The van der Waals surface area contributed by atoms with Crippen molar-refractivity contribution in [3.63, 3.8) is 0 Å². The average molecular weight is 236 g/mol. The molecular formula is C17H32. The topological polar surface area (TPSA) is 0 Å². The molecule has 0 rings (SSSR count). The molecular weight excluding hydrogens is 204 g/mol. The summed E-state index contributed by atoms with van der Waals surface area (Å²) in [4.78, 5) is 0. The van der Waals surface area contributed by atoms with E-state index in [-0.39, 0.29) is 0 Å². The summed E-state index contributed by atoms with van der Waals surface area (Å²) in [6, 6.07) is 0. The maximum absolute atomic E-state index is 4.03. The third-order valence-electron chi connectivity index (χ3n) is 3.73. The van der Waals surface area contributed by atoms with Gasteiger partial charge in [0.2, 0.25) is 0 Å². The Balaban J connectivity index is 3.74. The molecule has 0 aliphatic carbocycles. The predicted molar refractivity (Wildman–Crippen MR) is 79.7 cm³/mol. The normalized spacial score (nSPS) is 13.7. The first-order valence-electron chi connectivity index (χ1n) is 7.53. The van der Waals surface area contributed by atoms with Crippen LogP contribution in [-0.4, -0.2) is 0 Å². The zero-order chi connectivity index (χ0) is 12.9. The molecule has 0 saturated carbocycles. The Morgan fingerprint density at radius 1 is 1.00 bits per heavy atom. The van der Waals surface area contributed by atoms with Gasteiger partial charge in [0, 0.05) is 0 Å². The van der Waals surface area contributed by atoms with Crippen molar-refractivity contribution in [1.82, 2.24) is 0 Å². The van der Waals surface area contributed by atoms with Crippen molar-refractivity contribution in [2.45, 2.75) is 71.6 Å². The Labute approximate surface area is 110 Å². The van der Waals surface area contributed by atoms with Crippen molar-refractivity contribution in [3.05, 3.63) is 26.0 Å². The lowest BCUT2D eigenvalue weighted by Crippen LogP contribution is -2.02. The molecule has 0 aliphatic rings. The molecule has 0 fully saturated rings. The maximum atomic E-state index is 4.03. The van der Waals surface area contributed by atoms with Crippen LogP contribution in [0.5, 0.6) is 0 Å². The molecule has 0 nitrogen and oxygen atoms in total. The minimum atomic E-state index is 0.787. The van der Waals surface area contributed by atoms with Crippen LogP contribution < -0.4 is 0 Å². The molecule has 0 spiro atoms. The van der Waals surface area contributed by atoms with Crippen LogP contribution >= 0.6 is 0 Å². The lowest BCUT2D eigenvalue weighted by Gasteiger charge is -2.15. The summed E-state index contributed by atoms with van der Waals surface area (Å²) in [5, 5.41) is 0. The van der Waals surface area contributed by atoms with Gasteiger partial charge in [-0.15, -0.1) is 0 Å². The van der Waals surface area contributed by atoms with E-state index in [0.29, 0.717) is 0 Å². The number of hydrogen-bond acceptors (Lipinski definition) is 0. The van der Waals surface area contributed by atoms with Crippen molar-refractivity contribution >= 4 is 0 Å². The number of allylic oxidation sites excluding steroid dienone is 2. The fourth-order valence-corrected chi connectivity index (χ4v) is 2.17. The van der Waals surface area contributed by atoms with Gasteiger partial charge < -0.3 is 0 Å². The second kappa shape index (κ2) is 12.2. The van der Waals surface area contributed by atoms with E-state index in [0.717, 1.165) is 24.7 Å². The third kappa shape index (κ3) is 9.44. The molecule has 0 aromatic rings. The summed E-state index contributed by atoms with van der Waals surface area (Å²) in [6.07, 6.45) is 16.1. The highest BCUT2D eigenvalue weighted by molar-refractivity contribution is 4.88. The van der Waals surface area contributed by atoms with E-state index >= 15 is 0 Å². The molecule has 0 saturated heterocycles. The van der Waals surface area contributed by atoms with Gasteiger partial charge in [0.1, 0.15) is 0 Å². The largest absolute Gasteiger partial charge is 0.0883 e. The van der Waals surface area contributed by atoms with E-state index < -0.39 is 0 Å². The second-order valence-electron chi connectivity index (χ2n) is 5.09. The highest BCUT2D eigenvalue weighted by Gasteiger charge is 2.07. The summed E-state index contributed by atoms with van der Waals surface area (Å²) in [6.45, 7) is 12.5. The fraction of sp³-hybridized carbons (Fsp3) is 0.765. The van der Waals surface area contributed by atoms with E-state index in [4.69, 9.17) is 0 Å². The zero-order valence-corrected chi connectivity index (χ0v) is 12.1. The highest BCUT2D eigenvalue weighted by Crippen LogP contribution is 2.21. The molecule has 0 amide bonds. The molecule has 0 aliphatic heterocycles. The molecule has 0 heterocycles. The van der Waals surface area contributed by atoms with Gasteiger partial charge in [-0.1, -0.05) is 65.5 Å². The molecule has 2 atom stereocenters. The Hall–Kier alpha value is -0.260. The van der Waals surface area contributed by atoms with E-state index in [2.05, 4.69) is 39.8 Å². The first-order chi connectivity index (χ1) is 8.28. The van der Waals surface area contributed by atoms with E-state index in [9.17, 15) is 0 Å². The number of unbranched alkanes of at least 4 members (excludes halogenated alkanes) is 3. The SMILES string of the molecule is [CH2]CCCCC=CC(CC)CCC(C[CH2])CC.